The molecule has 0 radical (unpaired) electrons. The van der Waals surface area contributed by atoms with Crippen LogP contribution >= 0.6 is 0 Å². The maximum Gasteiger partial charge on any atom is 0.310 e. The van der Waals surface area contributed by atoms with Crippen molar-refractivity contribution in [3.8, 4) is 0 Å². The largest absolute Gasteiger partial charge is 0.462 e. The number of carbonyl (C=O) groups excluding carboxylic acids is 2. The van der Waals surface area contributed by atoms with Crippen LogP contribution in [-0.2, 0) is 9.53 Å². The topological polar surface area (TPSA) is 49.9 Å². The molecule has 0 saturated carbocycles. The van der Waals surface area contributed by atoms with Gasteiger partial charge in [0.2, 0.25) is 0 Å². The van der Waals surface area contributed by atoms with Gasteiger partial charge in [0, 0.05) is 44.5 Å². The molecule has 0 unspecified atom stereocenters. The Morgan fingerprint density at radius 2 is 1.83 bits per heavy atom. The molecule has 1 saturated heterocycles. The number of benzene rings is 1. The molecule has 5 nitrogen and oxygen atoms in total. The Morgan fingerprint density at radius 1 is 1.21 bits per heavy atom. The van der Waals surface area contributed by atoms with Gasteiger partial charge in [0.05, 0.1) is 6.42 Å². The van der Waals surface area contributed by atoms with Crippen molar-refractivity contribution in [1.29, 1.82) is 0 Å². The highest BCUT2D eigenvalue weighted by Gasteiger charge is 2.23. The van der Waals surface area contributed by atoms with E-state index in [1.54, 1.807) is 23.2 Å². The molecule has 0 atom stereocenters. The lowest BCUT2D eigenvalue weighted by Gasteiger charge is -2.28. The summed E-state index contributed by atoms with van der Waals surface area (Å²) in [6.07, 6.45) is 3.35. The molecule has 0 N–H and O–H groups in total. The quantitative estimate of drug-likeness (QED) is 0.455. The number of hydrogen-bond donors (Lipinski definition) is 0. The molecule has 1 aromatic rings. The minimum Gasteiger partial charge on any atom is -0.462 e. The number of esters is 1. The second-order valence-electron chi connectivity index (χ2n) is 6.48. The molecule has 1 heterocycles. The molecule has 0 aliphatic carbocycles. The first-order chi connectivity index (χ1) is 11.5. The van der Waals surface area contributed by atoms with Crippen LogP contribution in [0.1, 0.15) is 29.6 Å². The van der Waals surface area contributed by atoms with Gasteiger partial charge in [0.25, 0.3) is 0 Å². The predicted octanol–water partition coefficient (Wildman–Crippen LogP) is 2.34. The second kappa shape index (κ2) is 8.64. The van der Waals surface area contributed by atoms with Crippen molar-refractivity contribution < 1.29 is 14.3 Å². The van der Waals surface area contributed by atoms with Gasteiger partial charge >= 0.3 is 5.97 Å². The minimum atomic E-state index is -0.332. The van der Waals surface area contributed by atoms with Crippen LogP contribution in [0, 0.1) is 0 Å². The molecular weight excluding hydrogens is 304 g/mol. The van der Waals surface area contributed by atoms with Gasteiger partial charge in [-0.2, -0.15) is 0 Å². The van der Waals surface area contributed by atoms with Crippen molar-refractivity contribution in [3.63, 3.8) is 0 Å². The third-order valence-corrected chi connectivity index (χ3v) is 4.04. The van der Waals surface area contributed by atoms with E-state index in [9.17, 15) is 9.59 Å². The number of hydrogen-bond acceptors (Lipinski definition) is 5. The number of piperidine rings is 1. The first kappa shape index (κ1) is 18.2. The van der Waals surface area contributed by atoms with Crippen LogP contribution in [0.15, 0.2) is 42.1 Å². The fourth-order valence-corrected chi connectivity index (χ4v) is 2.76. The lowest BCUT2D eigenvalue weighted by Crippen LogP contribution is -2.35. The molecule has 130 valence electrons. The summed E-state index contributed by atoms with van der Waals surface area (Å²) >= 11 is 0. The van der Waals surface area contributed by atoms with Crippen LogP contribution < -0.4 is 0 Å². The Balaban J connectivity index is 2.01. The molecular formula is C19H26N2O3. The van der Waals surface area contributed by atoms with Crippen LogP contribution in [0.4, 0.5) is 0 Å². The second-order valence-corrected chi connectivity index (χ2v) is 6.48. The maximum atomic E-state index is 12.6. The minimum absolute atomic E-state index is 0.00174. The van der Waals surface area contributed by atoms with E-state index in [1.807, 2.05) is 32.3 Å². The first-order valence-corrected chi connectivity index (χ1v) is 8.30. The van der Waals surface area contributed by atoms with Gasteiger partial charge in [-0.05, 0) is 19.9 Å². The van der Waals surface area contributed by atoms with Gasteiger partial charge in [-0.15, -0.1) is 0 Å². The summed E-state index contributed by atoms with van der Waals surface area (Å²) in [7, 11) is 5.73. The van der Waals surface area contributed by atoms with E-state index in [-0.39, 0.29) is 24.3 Å². The summed E-state index contributed by atoms with van der Waals surface area (Å²) in [5.74, 6) is -0.466. The number of rotatable bonds is 6. The van der Waals surface area contributed by atoms with Crippen molar-refractivity contribution >= 4 is 11.8 Å². The van der Waals surface area contributed by atoms with E-state index < -0.39 is 0 Å². The number of likely N-dealkylation sites (tertiary alicyclic amines) is 1. The third-order valence-electron chi connectivity index (χ3n) is 4.04. The van der Waals surface area contributed by atoms with Crippen LogP contribution in [0.3, 0.4) is 0 Å². The van der Waals surface area contributed by atoms with Crippen molar-refractivity contribution in [2.24, 2.45) is 0 Å². The third kappa shape index (κ3) is 5.49. The van der Waals surface area contributed by atoms with Crippen molar-refractivity contribution in [1.82, 2.24) is 9.80 Å². The van der Waals surface area contributed by atoms with Crippen LogP contribution in [0.5, 0.6) is 0 Å². The summed E-state index contributed by atoms with van der Waals surface area (Å²) in [6, 6.07) is 9.01. The lowest BCUT2D eigenvalue weighted by atomic mass is 10.0. The smallest absolute Gasteiger partial charge is 0.310 e. The summed E-state index contributed by atoms with van der Waals surface area (Å²) in [5.41, 5.74) is 1.03. The number of Topliss-reactive ketones (excluding diaryl/α,β-unsaturated/α-hetero) is 1. The Bertz CT molecular complexity index is 588. The van der Waals surface area contributed by atoms with E-state index in [0.29, 0.717) is 11.1 Å². The highest BCUT2D eigenvalue weighted by atomic mass is 16.5. The number of nitrogens with zero attached hydrogens (tertiary/aromatic N) is 2. The zero-order valence-corrected chi connectivity index (χ0v) is 14.7. The fourth-order valence-electron chi connectivity index (χ4n) is 2.76. The molecule has 1 aromatic carbocycles. The summed E-state index contributed by atoms with van der Waals surface area (Å²) in [6.45, 7) is 1.86. The number of carbonyl (C=O) groups is 2. The molecule has 2 rings (SSSR count). The Hall–Kier alpha value is -2.14. The zero-order chi connectivity index (χ0) is 17.5. The Kier molecular flexibility index (Phi) is 6.55. The summed E-state index contributed by atoms with van der Waals surface area (Å²) in [5, 5.41) is 0. The lowest BCUT2D eigenvalue weighted by molar-refractivity contribution is -0.150. The molecule has 24 heavy (non-hydrogen) atoms. The van der Waals surface area contributed by atoms with Gasteiger partial charge in [0.1, 0.15) is 6.10 Å². The van der Waals surface area contributed by atoms with E-state index in [2.05, 4.69) is 11.9 Å². The van der Waals surface area contributed by atoms with Crippen molar-refractivity contribution in [2.45, 2.75) is 25.4 Å². The molecule has 0 bridgehead atoms. The molecule has 1 aliphatic heterocycles. The highest BCUT2D eigenvalue weighted by molar-refractivity contribution is 6.10. The van der Waals surface area contributed by atoms with E-state index in [1.165, 1.54) is 0 Å². The normalized spacial score (nSPS) is 16.7. The summed E-state index contributed by atoms with van der Waals surface area (Å²) < 4.78 is 5.56. The maximum absolute atomic E-state index is 12.6. The average Bonchev–Trinajstić information content (AvgIpc) is 2.56. The summed E-state index contributed by atoms with van der Waals surface area (Å²) in [4.78, 5) is 28.9. The van der Waals surface area contributed by atoms with Gasteiger partial charge in [-0.1, -0.05) is 30.3 Å². The number of ketones is 1. The fraction of sp³-hybridized carbons (Fsp3) is 0.474. The van der Waals surface area contributed by atoms with Gasteiger partial charge in [-0.25, -0.2) is 0 Å². The monoisotopic (exact) mass is 330 g/mol. The van der Waals surface area contributed by atoms with Crippen LogP contribution in [-0.4, -0.2) is 61.9 Å². The molecule has 0 amide bonds. The molecule has 5 heteroatoms. The van der Waals surface area contributed by atoms with Crippen LogP contribution in [0.2, 0.25) is 0 Å². The van der Waals surface area contributed by atoms with Gasteiger partial charge in [-0.3, -0.25) is 9.59 Å². The molecule has 1 fully saturated rings. The van der Waals surface area contributed by atoms with Crippen molar-refractivity contribution in [3.05, 3.63) is 47.7 Å². The Morgan fingerprint density at radius 3 is 2.42 bits per heavy atom. The van der Waals surface area contributed by atoms with E-state index in [4.69, 9.17) is 4.74 Å². The van der Waals surface area contributed by atoms with Crippen molar-refractivity contribution in [2.75, 3.05) is 34.2 Å². The first-order valence-electron chi connectivity index (χ1n) is 8.30. The zero-order valence-electron chi connectivity index (χ0n) is 14.7. The predicted molar refractivity (Wildman–Crippen MR) is 93.8 cm³/mol. The van der Waals surface area contributed by atoms with E-state index >= 15 is 0 Å². The number of ether oxygens (including phenoxy) is 1. The average molecular weight is 330 g/mol. The molecule has 0 spiro atoms. The standard InChI is InChI=1S/C19H26N2O3/c1-20(2)14-16(19(23)15-7-5-4-6-8-15)13-18(22)24-17-9-11-21(3)12-10-17/h4-8,14,17H,9-13H2,1-3H3. The van der Waals surface area contributed by atoms with Gasteiger partial charge in [0.15, 0.2) is 5.78 Å². The molecule has 1 aliphatic rings. The van der Waals surface area contributed by atoms with Crippen LogP contribution in [0.25, 0.3) is 0 Å². The van der Waals surface area contributed by atoms with E-state index in [0.717, 1.165) is 25.9 Å². The highest BCUT2D eigenvalue weighted by Crippen LogP contribution is 2.17. The SMILES string of the molecule is CN(C)C=C(CC(=O)OC1CCN(C)CC1)C(=O)c1ccccc1. The Labute approximate surface area is 143 Å². The van der Waals surface area contributed by atoms with Gasteiger partial charge < -0.3 is 14.5 Å². The molecule has 0 aromatic heterocycles.